The molecule has 0 bridgehead atoms. The van der Waals surface area contributed by atoms with Crippen LogP contribution in [-0.4, -0.2) is 46.1 Å². The molecule has 2 heterocycles. The first-order chi connectivity index (χ1) is 18.0. The monoisotopic (exact) mass is 504 g/mol. The fourth-order valence-corrected chi connectivity index (χ4v) is 4.83. The Kier molecular flexibility index (Phi) is 7.21. The number of amides is 1. The normalized spacial score (nSPS) is 15.9. The lowest BCUT2D eigenvalue weighted by molar-refractivity contribution is -0.218. The highest BCUT2D eigenvalue weighted by molar-refractivity contribution is 5.95. The van der Waals surface area contributed by atoms with Gasteiger partial charge in [-0.2, -0.15) is 0 Å². The molecule has 1 fully saturated rings. The second-order valence-corrected chi connectivity index (χ2v) is 9.17. The molecule has 0 atom stereocenters. The molecule has 0 aromatic heterocycles. The number of ether oxygens (including phenoxy) is 5. The Morgan fingerprint density at radius 3 is 2.38 bits per heavy atom. The zero-order valence-electron chi connectivity index (χ0n) is 21.4. The zero-order valence-corrected chi connectivity index (χ0v) is 21.4. The lowest BCUT2D eigenvalue weighted by Gasteiger charge is -2.41. The van der Waals surface area contributed by atoms with Gasteiger partial charge in [0.25, 0.3) is 5.91 Å². The molecule has 1 amide bonds. The molecule has 2 N–H and O–H groups in total. The van der Waals surface area contributed by atoms with Gasteiger partial charge >= 0.3 is 0 Å². The predicted molar refractivity (Wildman–Crippen MR) is 139 cm³/mol. The van der Waals surface area contributed by atoms with Crippen LogP contribution in [-0.2, 0) is 17.9 Å². The van der Waals surface area contributed by atoms with Crippen LogP contribution in [0.5, 0.6) is 23.0 Å². The Morgan fingerprint density at radius 2 is 1.68 bits per heavy atom. The van der Waals surface area contributed by atoms with E-state index in [4.69, 9.17) is 23.7 Å². The van der Waals surface area contributed by atoms with E-state index in [9.17, 15) is 4.79 Å². The number of carbonyl (C=O) groups excluding carboxylic acids is 1. The molecular formula is C29H32N2O6. The van der Waals surface area contributed by atoms with Gasteiger partial charge in [-0.1, -0.05) is 18.2 Å². The van der Waals surface area contributed by atoms with Gasteiger partial charge in [-0.3, -0.25) is 4.79 Å². The van der Waals surface area contributed by atoms with Gasteiger partial charge in [0.15, 0.2) is 11.5 Å². The first-order valence-corrected chi connectivity index (χ1v) is 12.4. The van der Waals surface area contributed by atoms with E-state index >= 15 is 0 Å². The summed E-state index contributed by atoms with van der Waals surface area (Å²) in [5.74, 6) is 1.78. The second-order valence-electron chi connectivity index (χ2n) is 9.17. The quantitative estimate of drug-likeness (QED) is 0.496. The van der Waals surface area contributed by atoms with E-state index in [1.807, 2.05) is 42.5 Å². The summed E-state index contributed by atoms with van der Waals surface area (Å²) in [5, 5.41) is 6.33. The van der Waals surface area contributed by atoms with Crippen molar-refractivity contribution in [1.82, 2.24) is 10.6 Å². The molecule has 1 saturated heterocycles. The minimum atomic E-state index is -0.518. The molecular weight excluding hydrogens is 472 g/mol. The number of piperidine rings is 1. The first-order valence-electron chi connectivity index (χ1n) is 12.4. The number of benzene rings is 3. The standard InChI is InChI=1S/C29H32N2O6/c1-33-25-13-19(14-26(34-2)27(25)35-3)17-31-28(32)22-6-4-5-20(15-22)21-7-8-24-23(16-21)18-36-29(37-24)9-11-30-12-10-29/h4-8,13-16,30H,9-12,17-18H2,1-3H3,(H,31,32). The molecule has 2 aliphatic heterocycles. The minimum absolute atomic E-state index is 0.173. The van der Waals surface area contributed by atoms with Crippen molar-refractivity contribution in [1.29, 1.82) is 0 Å². The van der Waals surface area contributed by atoms with Gasteiger partial charge in [0.1, 0.15) is 5.75 Å². The van der Waals surface area contributed by atoms with E-state index in [-0.39, 0.29) is 5.91 Å². The number of hydrogen-bond donors (Lipinski definition) is 2. The third-order valence-electron chi connectivity index (χ3n) is 6.85. The molecule has 1 spiro atoms. The summed E-state index contributed by atoms with van der Waals surface area (Å²) in [6.45, 7) is 2.60. The van der Waals surface area contributed by atoms with Gasteiger partial charge < -0.3 is 34.3 Å². The van der Waals surface area contributed by atoms with E-state index in [1.54, 1.807) is 27.4 Å². The molecule has 8 heteroatoms. The van der Waals surface area contributed by atoms with E-state index in [1.165, 1.54) is 0 Å². The fourth-order valence-electron chi connectivity index (χ4n) is 4.83. The average Bonchev–Trinajstić information content (AvgIpc) is 2.95. The highest BCUT2D eigenvalue weighted by Gasteiger charge is 2.38. The number of carbonyl (C=O) groups is 1. The van der Waals surface area contributed by atoms with Gasteiger partial charge in [-0.05, 0) is 53.1 Å². The molecule has 3 aromatic rings. The lowest BCUT2D eigenvalue weighted by Crippen LogP contribution is -2.49. The van der Waals surface area contributed by atoms with Gasteiger partial charge in [0.2, 0.25) is 11.5 Å². The third kappa shape index (κ3) is 5.21. The molecule has 3 aromatic carbocycles. The van der Waals surface area contributed by atoms with Crippen LogP contribution in [0.3, 0.4) is 0 Å². The zero-order chi connectivity index (χ0) is 25.8. The van der Waals surface area contributed by atoms with Crippen LogP contribution in [0.25, 0.3) is 11.1 Å². The number of hydrogen-bond acceptors (Lipinski definition) is 7. The van der Waals surface area contributed by atoms with Crippen LogP contribution in [0.4, 0.5) is 0 Å². The minimum Gasteiger partial charge on any atom is -0.493 e. The molecule has 2 aliphatic rings. The maximum absolute atomic E-state index is 13.0. The van der Waals surface area contributed by atoms with E-state index in [0.29, 0.717) is 36.0 Å². The van der Waals surface area contributed by atoms with Crippen molar-refractivity contribution in [3.8, 4) is 34.1 Å². The summed E-state index contributed by atoms with van der Waals surface area (Å²) < 4.78 is 28.6. The SMILES string of the molecule is COc1cc(CNC(=O)c2cccc(-c3ccc4c(c3)COC3(CCNCC3)O4)c2)cc(OC)c1OC. The fraction of sp³-hybridized carbons (Fsp3) is 0.345. The van der Waals surface area contributed by atoms with Crippen molar-refractivity contribution in [3.63, 3.8) is 0 Å². The molecule has 0 unspecified atom stereocenters. The maximum atomic E-state index is 13.0. The second kappa shape index (κ2) is 10.7. The number of fused-ring (bicyclic) bond motifs is 1. The third-order valence-corrected chi connectivity index (χ3v) is 6.85. The van der Waals surface area contributed by atoms with E-state index < -0.39 is 5.79 Å². The van der Waals surface area contributed by atoms with Crippen molar-refractivity contribution in [2.24, 2.45) is 0 Å². The van der Waals surface area contributed by atoms with Crippen LogP contribution < -0.4 is 29.6 Å². The molecule has 0 radical (unpaired) electrons. The summed E-state index contributed by atoms with van der Waals surface area (Å²) in [6.07, 6.45) is 1.67. The van der Waals surface area contributed by atoms with Crippen molar-refractivity contribution < 1.29 is 28.5 Å². The summed E-state index contributed by atoms with van der Waals surface area (Å²) in [7, 11) is 4.69. The Hall–Kier alpha value is -3.75. The van der Waals surface area contributed by atoms with Crippen molar-refractivity contribution in [2.45, 2.75) is 31.8 Å². The Labute approximate surface area is 216 Å². The van der Waals surface area contributed by atoms with E-state index in [2.05, 4.69) is 16.7 Å². The molecule has 0 aliphatic carbocycles. The van der Waals surface area contributed by atoms with Crippen molar-refractivity contribution >= 4 is 5.91 Å². The first kappa shape index (κ1) is 24.9. The Balaban J connectivity index is 1.29. The maximum Gasteiger partial charge on any atom is 0.251 e. The smallest absolute Gasteiger partial charge is 0.251 e. The Morgan fingerprint density at radius 1 is 0.946 bits per heavy atom. The van der Waals surface area contributed by atoms with Crippen LogP contribution >= 0.6 is 0 Å². The topological polar surface area (TPSA) is 87.3 Å². The van der Waals surface area contributed by atoms with Gasteiger partial charge in [-0.25, -0.2) is 0 Å². The Bertz CT molecular complexity index is 1260. The molecule has 0 saturated carbocycles. The number of methoxy groups -OCH3 is 3. The van der Waals surface area contributed by atoms with Gasteiger partial charge in [0, 0.05) is 43.6 Å². The van der Waals surface area contributed by atoms with Gasteiger partial charge in [-0.15, -0.1) is 0 Å². The largest absolute Gasteiger partial charge is 0.493 e. The van der Waals surface area contributed by atoms with Crippen LogP contribution in [0.15, 0.2) is 54.6 Å². The molecule has 8 nitrogen and oxygen atoms in total. The number of rotatable bonds is 7. The molecule has 194 valence electrons. The summed E-state index contributed by atoms with van der Waals surface area (Å²) >= 11 is 0. The predicted octanol–water partition coefficient (Wildman–Crippen LogP) is 4.30. The lowest BCUT2D eigenvalue weighted by atomic mass is 9.98. The summed E-state index contributed by atoms with van der Waals surface area (Å²) in [4.78, 5) is 13.0. The highest BCUT2D eigenvalue weighted by atomic mass is 16.7. The molecule has 5 rings (SSSR count). The van der Waals surface area contributed by atoms with Crippen molar-refractivity contribution in [3.05, 3.63) is 71.3 Å². The summed E-state index contributed by atoms with van der Waals surface area (Å²) in [5.41, 5.74) is 4.37. The number of nitrogens with one attached hydrogen (secondary N) is 2. The molecule has 37 heavy (non-hydrogen) atoms. The van der Waals surface area contributed by atoms with Crippen LogP contribution in [0.1, 0.15) is 34.3 Å². The van der Waals surface area contributed by atoms with Crippen molar-refractivity contribution in [2.75, 3.05) is 34.4 Å². The van der Waals surface area contributed by atoms with E-state index in [0.717, 1.165) is 53.9 Å². The van der Waals surface area contributed by atoms with Crippen LogP contribution in [0.2, 0.25) is 0 Å². The van der Waals surface area contributed by atoms with Crippen LogP contribution in [0, 0.1) is 0 Å². The average molecular weight is 505 g/mol. The van der Waals surface area contributed by atoms with Gasteiger partial charge in [0.05, 0.1) is 27.9 Å². The summed E-state index contributed by atoms with van der Waals surface area (Å²) in [6, 6.07) is 17.4. The highest BCUT2D eigenvalue weighted by Crippen LogP contribution is 2.39.